The van der Waals surface area contributed by atoms with E-state index >= 15 is 0 Å². The molecule has 0 aromatic heterocycles. The van der Waals surface area contributed by atoms with Gasteiger partial charge in [-0.2, -0.15) is 0 Å². The highest BCUT2D eigenvalue weighted by Crippen LogP contribution is 2.37. The molecule has 0 aliphatic carbocycles. The molecule has 0 unspecified atom stereocenters. The predicted octanol–water partition coefficient (Wildman–Crippen LogP) is 3.56. The summed E-state index contributed by atoms with van der Waals surface area (Å²) in [5, 5.41) is 9.40. The first-order chi connectivity index (χ1) is 8.72. The van der Waals surface area contributed by atoms with Crippen molar-refractivity contribution in [1.29, 1.82) is 0 Å². The van der Waals surface area contributed by atoms with Gasteiger partial charge in [-0.15, -0.1) is 0 Å². The molecule has 94 valence electrons. The van der Waals surface area contributed by atoms with E-state index < -0.39 is 0 Å². The Morgan fingerprint density at radius 1 is 0.944 bits per heavy atom. The fraction of sp³-hybridized carbons (Fsp3) is 0.143. The summed E-state index contributed by atoms with van der Waals surface area (Å²) in [6.45, 7) is 0. The first-order valence-electron chi connectivity index (χ1n) is 5.42. The van der Waals surface area contributed by atoms with Crippen LogP contribution in [0.25, 0.3) is 0 Å². The van der Waals surface area contributed by atoms with Crippen LogP contribution in [0, 0.1) is 0 Å². The first kappa shape index (κ1) is 12.6. The number of phenols is 1. The summed E-state index contributed by atoms with van der Waals surface area (Å²) in [6.07, 6.45) is 0. The van der Waals surface area contributed by atoms with Crippen LogP contribution in [0.4, 0.5) is 0 Å². The third-order valence-corrected chi connectivity index (χ3v) is 3.50. The summed E-state index contributed by atoms with van der Waals surface area (Å²) in [5.74, 6) is 1.69. The van der Waals surface area contributed by atoms with Crippen molar-refractivity contribution in [3.63, 3.8) is 0 Å². The van der Waals surface area contributed by atoms with E-state index in [1.807, 2.05) is 30.3 Å². The predicted molar refractivity (Wildman–Crippen MR) is 71.8 cm³/mol. The van der Waals surface area contributed by atoms with Gasteiger partial charge in [-0.05, 0) is 36.4 Å². The highest BCUT2D eigenvalue weighted by atomic mass is 32.2. The summed E-state index contributed by atoms with van der Waals surface area (Å²) in [6, 6.07) is 12.9. The highest BCUT2D eigenvalue weighted by molar-refractivity contribution is 7.99. The minimum absolute atomic E-state index is 0.200. The van der Waals surface area contributed by atoms with Crippen molar-refractivity contribution in [2.24, 2.45) is 0 Å². The van der Waals surface area contributed by atoms with Crippen molar-refractivity contribution in [2.75, 3.05) is 14.2 Å². The molecule has 2 rings (SSSR count). The first-order valence-corrected chi connectivity index (χ1v) is 6.23. The maximum atomic E-state index is 9.40. The quantitative estimate of drug-likeness (QED) is 0.914. The van der Waals surface area contributed by atoms with Gasteiger partial charge in [0.25, 0.3) is 0 Å². The second kappa shape index (κ2) is 5.69. The van der Waals surface area contributed by atoms with Crippen molar-refractivity contribution in [2.45, 2.75) is 9.79 Å². The van der Waals surface area contributed by atoms with Gasteiger partial charge in [-0.1, -0.05) is 11.8 Å². The number of phenolic OH excluding ortho intramolecular Hbond substituents is 1. The molecular formula is C14H14O3S. The normalized spacial score (nSPS) is 10.1. The molecule has 0 aliphatic heterocycles. The number of rotatable bonds is 4. The molecule has 0 fully saturated rings. The smallest absolute Gasteiger partial charge is 0.136 e. The lowest BCUT2D eigenvalue weighted by atomic mass is 10.3. The zero-order chi connectivity index (χ0) is 13.0. The van der Waals surface area contributed by atoms with E-state index in [0.29, 0.717) is 5.75 Å². The molecule has 0 aliphatic rings. The Bertz CT molecular complexity index is 523. The molecule has 0 saturated heterocycles. The van der Waals surface area contributed by atoms with Gasteiger partial charge in [-0.25, -0.2) is 0 Å². The molecule has 2 aromatic carbocycles. The van der Waals surface area contributed by atoms with Crippen LogP contribution in [0.15, 0.2) is 52.3 Å². The molecule has 18 heavy (non-hydrogen) atoms. The maximum absolute atomic E-state index is 9.40. The molecule has 0 amide bonds. The number of aromatic hydroxyl groups is 1. The van der Waals surface area contributed by atoms with Crippen LogP contribution < -0.4 is 9.47 Å². The lowest BCUT2D eigenvalue weighted by Crippen LogP contribution is -1.86. The van der Waals surface area contributed by atoms with Gasteiger partial charge in [0.1, 0.15) is 17.2 Å². The van der Waals surface area contributed by atoms with Crippen molar-refractivity contribution in [1.82, 2.24) is 0 Å². The SMILES string of the molecule is COc1ccc(Sc2ccc(O)cc2OC)cc1. The Labute approximate surface area is 110 Å². The molecule has 3 nitrogen and oxygen atoms in total. The number of ether oxygens (including phenoxy) is 2. The second-order valence-corrected chi connectivity index (χ2v) is 4.73. The summed E-state index contributed by atoms with van der Waals surface area (Å²) >= 11 is 1.58. The van der Waals surface area contributed by atoms with E-state index in [1.54, 1.807) is 38.1 Å². The largest absolute Gasteiger partial charge is 0.508 e. The van der Waals surface area contributed by atoms with Gasteiger partial charge in [-0.3, -0.25) is 0 Å². The summed E-state index contributed by atoms with van der Waals surface area (Å²) in [7, 11) is 3.23. The van der Waals surface area contributed by atoms with Crippen LogP contribution in [0.3, 0.4) is 0 Å². The van der Waals surface area contributed by atoms with E-state index in [1.165, 1.54) is 0 Å². The zero-order valence-corrected chi connectivity index (χ0v) is 11.0. The van der Waals surface area contributed by atoms with Crippen LogP contribution in [0.5, 0.6) is 17.2 Å². The van der Waals surface area contributed by atoms with Gasteiger partial charge < -0.3 is 14.6 Å². The summed E-state index contributed by atoms with van der Waals surface area (Å²) < 4.78 is 10.4. The highest BCUT2D eigenvalue weighted by Gasteiger charge is 2.06. The van der Waals surface area contributed by atoms with Crippen molar-refractivity contribution in [3.8, 4) is 17.2 Å². The molecule has 1 N–H and O–H groups in total. The molecular weight excluding hydrogens is 248 g/mol. The zero-order valence-electron chi connectivity index (χ0n) is 10.2. The lowest BCUT2D eigenvalue weighted by Gasteiger charge is -2.08. The van der Waals surface area contributed by atoms with Crippen molar-refractivity contribution >= 4 is 11.8 Å². The van der Waals surface area contributed by atoms with Crippen molar-refractivity contribution < 1.29 is 14.6 Å². The van der Waals surface area contributed by atoms with Gasteiger partial charge >= 0.3 is 0 Å². The van der Waals surface area contributed by atoms with E-state index in [0.717, 1.165) is 15.5 Å². The molecule has 0 bridgehead atoms. The average Bonchev–Trinajstić information content (AvgIpc) is 2.41. The lowest BCUT2D eigenvalue weighted by molar-refractivity contribution is 0.398. The van der Waals surface area contributed by atoms with Crippen molar-refractivity contribution in [3.05, 3.63) is 42.5 Å². The molecule has 0 atom stereocenters. The topological polar surface area (TPSA) is 38.7 Å². The molecule has 0 radical (unpaired) electrons. The minimum Gasteiger partial charge on any atom is -0.508 e. The summed E-state index contributed by atoms with van der Waals surface area (Å²) in [4.78, 5) is 2.04. The van der Waals surface area contributed by atoms with Crippen LogP contribution in [-0.4, -0.2) is 19.3 Å². The number of hydrogen-bond donors (Lipinski definition) is 1. The Balaban J connectivity index is 2.22. The van der Waals surface area contributed by atoms with Crippen LogP contribution in [0.1, 0.15) is 0 Å². The van der Waals surface area contributed by atoms with Crippen LogP contribution in [0.2, 0.25) is 0 Å². The van der Waals surface area contributed by atoms with Crippen LogP contribution in [-0.2, 0) is 0 Å². The van der Waals surface area contributed by atoms with E-state index in [2.05, 4.69) is 0 Å². The summed E-state index contributed by atoms with van der Waals surface area (Å²) in [5.41, 5.74) is 0. The standard InChI is InChI=1S/C14H14O3S/c1-16-11-4-6-12(7-5-11)18-14-8-3-10(15)9-13(14)17-2/h3-9,15H,1-2H3. The maximum Gasteiger partial charge on any atom is 0.136 e. The number of methoxy groups -OCH3 is 2. The van der Waals surface area contributed by atoms with Crippen LogP contribution >= 0.6 is 11.8 Å². The number of hydrogen-bond acceptors (Lipinski definition) is 4. The molecule has 0 spiro atoms. The average molecular weight is 262 g/mol. The minimum atomic E-state index is 0.200. The third-order valence-electron chi connectivity index (χ3n) is 2.43. The Morgan fingerprint density at radius 2 is 1.67 bits per heavy atom. The van der Waals surface area contributed by atoms with E-state index in [4.69, 9.17) is 9.47 Å². The Kier molecular flexibility index (Phi) is 3.99. The van der Waals surface area contributed by atoms with E-state index in [-0.39, 0.29) is 5.75 Å². The van der Waals surface area contributed by atoms with Gasteiger partial charge in [0.05, 0.1) is 19.1 Å². The van der Waals surface area contributed by atoms with E-state index in [9.17, 15) is 5.11 Å². The fourth-order valence-corrected chi connectivity index (χ4v) is 2.42. The molecule has 4 heteroatoms. The van der Waals surface area contributed by atoms with Gasteiger partial charge in [0.2, 0.25) is 0 Å². The van der Waals surface area contributed by atoms with Gasteiger partial charge in [0, 0.05) is 11.0 Å². The number of benzene rings is 2. The fourth-order valence-electron chi connectivity index (χ4n) is 1.51. The Morgan fingerprint density at radius 3 is 2.28 bits per heavy atom. The monoisotopic (exact) mass is 262 g/mol. The Hall–Kier alpha value is -1.81. The molecule has 2 aromatic rings. The second-order valence-electron chi connectivity index (χ2n) is 3.61. The third kappa shape index (κ3) is 2.90. The molecule has 0 heterocycles. The van der Waals surface area contributed by atoms with Gasteiger partial charge in [0.15, 0.2) is 0 Å². The molecule has 0 saturated carbocycles.